The number of carboxylic acid groups (broad SMARTS) is 2. The van der Waals surface area contributed by atoms with Gasteiger partial charge in [-0.25, -0.2) is 9.59 Å². The minimum atomic E-state index is -1.00. The summed E-state index contributed by atoms with van der Waals surface area (Å²) in [5.74, 6) is -1.65. The molecule has 6 atom stereocenters. The number of thioether (sulfide) groups is 2. The van der Waals surface area contributed by atoms with Gasteiger partial charge in [-0.1, -0.05) is 95.1 Å². The lowest BCUT2D eigenvalue weighted by molar-refractivity contribution is -0.150. The number of carbonyl (C=O) groups excluding carboxylic acids is 2. The predicted octanol–water partition coefficient (Wildman–Crippen LogP) is 5.71. The molecule has 2 fully saturated rings. The van der Waals surface area contributed by atoms with Gasteiger partial charge in [-0.15, -0.1) is 23.5 Å². The summed E-state index contributed by atoms with van der Waals surface area (Å²) in [6, 6.07) is 13.9. The predicted molar refractivity (Wildman–Crippen MR) is 173 cm³/mol. The van der Waals surface area contributed by atoms with Crippen molar-refractivity contribution in [2.45, 2.75) is 50.5 Å². The van der Waals surface area contributed by atoms with Crippen LogP contribution >= 0.6 is 45.1 Å². The molecule has 0 saturated carbocycles. The Morgan fingerprint density at radius 3 is 1.36 bits per heavy atom. The summed E-state index contributed by atoms with van der Waals surface area (Å²) < 4.78 is 0. The molecule has 0 bridgehead atoms. The van der Waals surface area contributed by atoms with Crippen LogP contribution < -0.4 is 0 Å². The van der Waals surface area contributed by atoms with E-state index in [1.807, 2.05) is 76.2 Å². The smallest absolute Gasteiger partial charge is 0.327 e. The van der Waals surface area contributed by atoms with Crippen LogP contribution in [-0.2, 0) is 19.2 Å². The topological polar surface area (TPSA) is 115 Å². The molecule has 2 aromatic rings. The minimum absolute atomic E-state index is 0.200. The van der Waals surface area contributed by atoms with E-state index < -0.39 is 35.9 Å². The molecule has 226 valence electrons. The summed E-state index contributed by atoms with van der Waals surface area (Å²) in [6.07, 6.45) is 0. The number of hydrogen-bond acceptors (Lipinski definition) is 8. The molecule has 0 aromatic heterocycles. The Kier molecular flexibility index (Phi) is 11.2. The molecule has 2 aromatic carbocycles. The van der Waals surface area contributed by atoms with Gasteiger partial charge in [-0.2, -0.15) is 0 Å². The molecule has 12 heteroatoms. The zero-order valence-corrected chi connectivity index (χ0v) is 27.2. The average molecular weight is 649 g/mol. The molecule has 2 aliphatic rings. The van der Waals surface area contributed by atoms with Gasteiger partial charge in [0.25, 0.3) is 0 Å². The Labute approximate surface area is 263 Å². The van der Waals surface area contributed by atoms with Gasteiger partial charge in [0.15, 0.2) is 0 Å². The molecule has 4 rings (SSSR count). The number of aryl methyl sites for hydroxylation is 2. The van der Waals surface area contributed by atoms with E-state index in [1.54, 1.807) is 0 Å². The van der Waals surface area contributed by atoms with E-state index in [-0.39, 0.29) is 22.6 Å². The van der Waals surface area contributed by atoms with Crippen molar-refractivity contribution in [2.75, 3.05) is 23.0 Å². The van der Waals surface area contributed by atoms with Gasteiger partial charge in [-0.3, -0.25) is 9.59 Å². The van der Waals surface area contributed by atoms with Crippen molar-refractivity contribution in [3.63, 3.8) is 0 Å². The number of aliphatic carboxylic acids is 2. The van der Waals surface area contributed by atoms with Gasteiger partial charge in [0, 0.05) is 34.8 Å². The molecule has 2 saturated heterocycles. The van der Waals surface area contributed by atoms with Crippen LogP contribution in [0.3, 0.4) is 0 Å². The van der Waals surface area contributed by atoms with E-state index in [9.17, 15) is 29.4 Å². The number of nitrogens with zero attached hydrogens (tertiary/aromatic N) is 2. The zero-order valence-electron chi connectivity index (χ0n) is 24.0. The van der Waals surface area contributed by atoms with Gasteiger partial charge in [0.05, 0.1) is 0 Å². The molecular formula is C30H36N2O6S4. The van der Waals surface area contributed by atoms with Crippen LogP contribution in [0.15, 0.2) is 48.5 Å². The third kappa shape index (κ3) is 7.43. The molecule has 2 aliphatic heterocycles. The summed E-state index contributed by atoms with van der Waals surface area (Å²) in [5, 5.41) is 18.9. The summed E-state index contributed by atoms with van der Waals surface area (Å²) in [4.78, 5) is 54.0. The largest absolute Gasteiger partial charge is 0.480 e. The van der Waals surface area contributed by atoms with Crippen LogP contribution in [0.4, 0.5) is 0 Å². The SMILES string of the molecule is Cc1ccc(C2SC[C@@H](C(=O)O)N2C(=O)[C@H](C)CSSC[C@@H](C)C(=O)N2C(c3ccc(C)cc3)SC[C@H]2C(=O)O)cc1. The van der Waals surface area contributed by atoms with Gasteiger partial charge >= 0.3 is 11.9 Å². The number of hydrogen-bond donors (Lipinski definition) is 2. The third-order valence-electron chi connectivity index (χ3n) is 7.37. The molecule has 0 radical (unpaired) electrons. The highest BCUT2D eigenvalue weighted by Crippen LogP contribution is 2.44. The van der Waals surface area contributed by atoms with Gasteiger partial charge in [0.1, 0.15) is 22.8 Å². The Bertz CT molecular complexity index is 1190. The van der Waals surface area contributed by atoms with Crippen LogP contribution in [0, 0.1) is 25.7 Å². The maximum absolute atomic E-state index is 13.5. The molecule has 2 unspecified atom stereocenters. The van der Waals surface area contributed by atoms with E-state index in [0.717, 1.165) is 22.3 Å². The van der Waals surface area contributed by atoms with E-state index in [4.69, 9.17) is 0 Å². The Hall–Kier alpha value is -2.28. The van der Waals surface area contributed by atoms with E-state index >= 15 is 0 Å². The molecule has 2 heterocycles. The Morgan fingerprint density at radius 1 is 0.714 bits per heavy atom. The normalized spacial score (nSPS) is 23.5. The molecule has 42 heavy (non-hydrogen) atoms. The van der Waals surface area contributed by atoms with Crippen molar-refractivity contribution in [1.82, 2.24) is 9.80 Å². The molecule has 2 amide bonds. The maximum atomic E-state index is 13.5. The lowest BCUT2D eigenvalue weighted by Crippen LogP contribution is -2.45. The first-order valence-corrected chi connectivity index (χ1v) is 18.3. The highest BCUT2D eigenvalue weighted by Gasteiger charge is 2.45. The number of benzene rings is 2. The minimum Gasteiger partial charge on any atom is -0.480 e. The second kappa shape index (κ2) is 14.5. The quantitative estimate of drug-likeness (QED) is 0.232. The molecule has 8 nitrogen and oxygen atoms in total. The maximum Gasteiger partial charge on any atom is 0.327 e. The fourth-order valence-corrected chi connectivity index (χ4v) is 10.4. The fourth-order valence-electron chi connectivity index (χ4n) is 4.86. The Morgan fingerprint density at radius 2 is 1.05 bits per heavy atom. The summed E-state index contributed by atoms with van der Waals surface area (Å²) >= 11 is 2.93. The van der Waals surface area contributed by atoms with Gasteiger partial charge in [0.2, 0.25) is 11.8 Å². The monoisotopic (exact) mass is 648 g/mol. The molecular weight excluding hydrogens is 613 g/mol. The van der Waals surface area contributed by atoms with Crippen LogP contribution in [-0.4, -0.2) is 78.9 Å². The Balaban J connectivity index is 1.34. The number of carbonyl (C=O) groups is 4. The van der Waals surface area contributed by atoms with Crippen molar-refractivity contribution in [3.8, 4) is 0 Å². The van der Waals surface area contributed by atoms with Gasteiger partial charge in [-0.05, 0) is 25.0 Å². The van der Waals surface area contributed by atoms with Crippen molar-refractivity contribution in [3.05, 3.63) is 70.8 Å². The van der Waals surface area contributed by atoms with Crippen LogP contribution in [0.25, 0.3) is 0 Å². The first-order chi connectivity index (χ1) is 20.0. The molecule has 0 spiro atoms. The molecule has 0 aliphatic carbocycles. The summed E-state index contributed by atoms with van der Waals surface area (Å²) in [7, 11) is 2.95. The van der Waals surface area contributed by atoms with Crippen molar-refractivity contribution in [1.29, 1.82) is 0 Å². The van der Waals surface area contributed by atoms with E-state index in [1.165, 1.54) is 54.9 Å². The fraction of sp³-hybridized carbons (Fsp3) is 0.467. The summed E-state index contributed by atoms with van der Waals surface area (Å²) in [5.41, 5.74) is 4.01. The van der Waals surface area contributed by atoms with Crippen LogP contribution in [0.2, 0.25) is 0 Å². The third-order valence-corrected chi connectivity index (χ3v) is 12.8. The average Bonchev–Trinajstić information content (AvgIpc) is 3.61. The number of amides is 2. The van der Waals surface area contributed by atoms with Gasteiger partial charge < -0.3 is 20.0 Å². The zero-order chi connectivity index (χ0) is 30.6. The number of carboxylic acids is 2. The second-order valence-electron chi connectivity index (χ2n) is 10.8. The van der Waals surface area contributed by atoms with Crippen LogP contribution in [0.5, 0.6) is 0 Å². The second-order valence-corrected chi connectivity index (χ2v) is 15.5. The van der Waals surface area contributed by atoms with Crippen molar-refractivity contribution >= 4 is 68.9 Å². The van der Waals surface area contributed by atoms with Crippen molar-refractivity contribution in [2.24, 2.45) is 11.8 Å². The van der Waals surface area contributed by atoms with Crippen molar-refractivity contribution < 1.29 is 29.4 Å². The van der Waals surface area contributed by atoms with E-state index in [0.29, 0.717) is 23.0 Å². The van der Waals surface area contributed by atoms with Crippen LogP contribution in [0.1, 0.15) is 46.8 Å². The first kappa shape index (κ1) is 32.6. The number of rotatable bonds is 11. The lowest BCUT2D eigenvalue weighted by atomic mass is 10.1. The summed E-state index contributed by atoms with van der Waals surface area (Å²) in [6.45, 7) is 7.58. The van der Waals surface area contributed by atoms with E-state index in [2.05, 4.69) is 0 Å². The highest BCUT2D eigenvalue weighted by atomic mass is 33.1. The lowest BCUT2D eigenvalue weighted by Gasteiger charge is -2.30. The standard InChI is InChI=1S/C30H36N2O6S4/c1-17-5-9-21(10-6-17)27-31(23(15-39-27)29(35)36)25(33)19(3)13-41-42-14-20(4)26(34)32-24(30(37)38)16-40-28(32)22-11-7-18(2)8-12-22/h5-12,19-20,23-24,27-28H,13-16H2,1-4H3,(H,35,36)(H,37,38)/t19-,20-,23+,24+,27?,28?/m1/s1. The molecule has 2 N–H and O–H groups in total. The first-order valence-electron chi connectivity index (χ1n) is 13.7. The highest BCUT2D eigenvalue weighted by molar-refractivity contribution is 8.76.